The van der Waals surface area contributed by atoms with Crippen molar-refractivity contribution in [3.8, 4) is 0 Å². The summed E-state index contributed by atoms with van der Waals surface area (Å²) in [5.41, 5.74) is 0.959. The first kappa shape index (κ1) is 22.2. The summed E-state index contributed by atoms with van der Waals surface area (Å²) in [7, 11) is -7.40. The second-order valence-corrected chi connectivity index (χ2v) is 12.5. The Labute approximate surface area is 184 Å². The zero-order valence-electron chi connectivity index (χ0n) is 16.2. The molecule has 3 rings (SSSR count). The fraction of sp³-hybridized carbons (Fsp3) is 0.0435. The molecule has 0 radical (unpaired) electrons. The summed E-state index contributed by atoms with van der Waals surface area (Å²) in [4.78, 5) is 0.336. The van der Waals surface area contributed by atoms with Crippen molar-refractivity contribution >= 4 is 39.1 Å². The van der Waals surface area contributed by atoms with Crippen LogP contribution in [0.25, 0.3) is 0 Å². The fourth-order valence-electron chi connectivity index (χ4n) is 2.52. The third kappa shape index (κ3) is 6.03. The number of aryl methyl sites for hydroxylation is 1. The van der Waals surface area contributed by atoms with E-state index in [4.69, 9.17) is 0 Å². The van der Waals surface area contributed by atoms with Gasteiger partial charge in [-0.05, 0) is 0 Å². The first-order valence-electron chi connectivity index (χ1n) is 9.01. The van der Waals surface area contributed by atoms with Crippen LogP contribution < -0.4 is 4.46 Å². The third-order valence-electron chi connectivity index (χ3n) is 4.08. The monoisotopic (exact) mass is 504 g/mol. The van der Waals surface area contributed by atoms with Gasteiger partial charge in [0, 0.05) is 0 Å². The van der Waals surface area contributed by atoms with E-state index in [-0.39, 0.29) is 24.7 Å². The van der Waals surface area contributed by atoms with Crippen LogP contribution in [0.1, 0.15) is 5.56 Å². The molecule has 3 aromatic carbocycles. The Morgan fingerprint density at radius 3 is 1.83 bits per heavy atom. The van der Waals surface area contributed by atoms with Crippen LogP contribution in [0.15, 0.2) is 116 Å². The van der Waals surface area contributed by atoms with Gasteiger partial charge in [-0.1, -0.05) is 0 Å². The van der Waals surface area contributed by atoms with E-state index in [1.54, 1.807) is 42.5 Å². The van der Waals surface area contributed by atoms with Crippen LogP contribution in [0.3, 0.4) is 0 Å². The summed E-state index contributed by atoms with van der Waals surface area (Å²) < 4.78 is 52.4. The Balaban J connectivity index is 2.00. The van der Waals surface area contributed by atoms with E-state index in [0.717, 1.165) is 15.4 Å². The van der Waals surface area contributed by atoms with Crippen LogP contribution in [0.4, 0.5) is 0 Å². The summed E-state index contributed by atoms with van der Waals surface area (Å²) in [6, 6.07) is 24.0. The van der Waals surface area contributed by atoms with Gasteiger partial charge in [0.1, 0.15) is 0 Å². The van der Waals surface area contributed by atoms with E-state index in [0.29, 0.717) is 4.47 Å². The molecule has 0 heterocycles. The Kier molecular flexibility index (Phi) is 7.10. The van der Waals surface area contributed by atoms with Gasteiger partial charge in [-0.25, -0.2) is 0 Å². The van der Waals surface area contributed by atoms with E-state index in [2.05, 4.69) is 0 Å². The maximum absolute atomic E-state index is 12.9. The molecular weight excluding hydrogens is 483 g/mol. The van der Waals surface area contributed by atoms with Crippen LogP contribution in [0.5, 0.6) is 0 Å². The average Bonchev–Trinajstić information content (AvgIpc) is 2.74. The molecule has 0 saturated heterocycles. The molecule has 154 valence electrons. The molecule has 0 aliphatic rings. The van der Waals surface area contributed by atoms with Crippen LogP contribution in [0.2, 0.25) is 0 Å². The summed E-state index contributed by atoms with van der Waals surface area (Å²) in [5, 5.41) is 2.24. The molecule has 0 bridgehead atoms. The van der Waals surface area contributed by atoms with E-state index < -0.39 is 19.7 Å². The minimum atomic E-state index is -3.72. The van der Waals surface area contributed by atoms with Gasteiger partial charge >= 0.3 is 184 Å². The molecule has 0 amide bonds. The van der Waals surface area contributed by atoms with Gasteiger partial charge < -0.3 is 0 Å². The van der Waals surface area contributed by atoms with Crippen molar-refractivity contribution in [3.63, 3.8) is 0 Å². The van der Waals surface area contributed by atoms with E-state index in [9.17, 15) is 16.8 Å². The quantitative estimate of drug-likeness (QED) is 0.365. The number of benzene rings is 3. The first-order chi connectivity index (χ1) is 14.3. The van der Waals surface area contributed by atoms with Crippen LogP contribution in [0, 0.1) is 6.92 Å². The third-order valence-corrected chi connectivity index (χ3v) is 9.43. The summed E-state index contributed by atoms with van der Waals surface area (Å²) >= 11 is -0.387. The second kappa shape index (κ2) is 9.58. The molecule has 0 atom stereocenters. The molecule has 0 unspecified atom stereocenters. The van der Waals surface area contributed by atoms with Gasteiger partial charge in [0.2, 0.25) is 0 Å². The van der Waals surface area contributed by atoms with Crippen molar-refractivity contribution in [3.05, 3.63) is 112 Å². The van der Waals surface area contributed by atoms with E-state index in [1.165, 1.54) is 23.6 Å². The van der Waals surface area contributed by atoms with Gasteiger partial charge in [-0.2, -0.15) is 0 Å². The topological polar surface area (TPSA) is 68.3 Å². The van der Waals surface area contributed by atoms with Gasteiger partial charge in [-0.15, -0.1) is 0 Å². The molecule has 0 spiro atoms. The molecule has 0 aliphatic heterocycles. The number of sulfone groups is 2. The summed E-state index contributed by atoms with van der Waals surface area (Å²) in [6.45, 7) is 1.88. The van der Waals surface area contributed by atoms with E-state index >= 15 is 0 Å². The summed E-state index contributed by atoms with van der Waals surface area (Å²) in [6.07, 6.45) is 1.39. The number of hydrogen-bond acceptors (Lipinski definition) is 4. The molecule has 30 heavy (non-hydrogen) atoms. The molecule has 0 N–H and O–H groups in total. The number of rotatable bonds is 7. The maximum atomic E-state index is 12.9. The molecule has 0 fully saturated rings. The zero-order valence-corrected chi connectivity index (χ0v) is 19.5. The Hall–Kier alpha value is -2.44. The van der Waals surface area contributed by atoms with E-state index in [1.807, 2.05) is 37.3 Å². The zero-order chi connectivity index (χ0) is 21.6. The van der Waals surface area contributed by atoms with Crippen LogP contribution in [-0.2, 0) is 19.7 Å². The SMILES string of the molecule is Cc1ccc(S(=O)(=O)/C=C(\C=C\S(=O)(=O)c2ccccc2)[Se]c2ccccc2)cc1. The molecule has 4 nitrogen and oxygen atoms in total. The molecule has 7 heteroatoms. The molecule has 0 aromatic heterocycles. The Bertz CT molecular complexity index is 1260. The predicted molar refractivity (Wildman–Crippen MR) is 121 cm³/mol. The molecule has 3 aromatic rings. The minimum absolute atomic E-state index is 0.161. The summed E-state index contributed by atoms with van der Waals surface area (Å²) in [5.74, 6) is 0. The predicted octanol–water partition coefficient (Wildman–Crippen LogP) is 3.63. The van der Waals surface area contributed by atoms with Gasteiger partial charge in [0.25, 0.3) is 0 Å². The van der Waals surface area contributed by atoms with Gasteiger partial charge in [0.15, 0.2) is 0 Å². The molecular formula is C23H20O4S2Se. The Morgan fingerprint density at radius 2 is 1.23 bits per heavy atom. The van der Waals surface area contributed by atoms with Crippen LogP contribution >= 0.6 is 0 Å². The standard InChI is InChI=1S/C23H20O4S2Se/c1-19-12-14-21(15-13-19)29(26,27)18-23(30-22-10-6-3-7-11-22)16-17-28(24,25)20-8-4-2-5-9-20/h2-18H,1H3/b17-16+,23-18+. The van der Waals surface area contributed by atoms with Crippen LogP contribution in [-0.4, -0.2) is 31.8 Å². The van der Waals surface area contributed by atoms with Crippen molar-refractivity contribution < 1.29 is 16.8 Å². The number of allylic oxidation sites excluding steroid dienone is 2. The first-order valence-corrected chi connectivity index (χ1v) is 13.8. The van der Waals surface area contributed by atoms with Crippen molar-refractivity contribution in [2.45, 2.75) is 16.7 Å². The van der Waals surface area contributed by atoms with Crippen molar-refractivity contribution in [1.82, 2.24) is 0 Å². The Morgan fingerprint density at radius 1 is 0.700 bits per heavy atom. The molecule has 0 saturated carbocycles. The molecule has 0 aliphatic carbocycles. The van der Waals surface area contributed by atoms with Crippen molar-refractivity contribution in [1.29, 1.82) is 0 Å². The van der Waals surface area contributed by atoms with Crippen molar-refractivity contribution in [2.75, 3.05) is 0 Å². The number of hydrogen-bond donors (Lipinski definition) is 0. The van der Waals surface area contributed by atoms with Gasteiger partial charge in [-0.3, -0.25) is 0 Å². The fourth-order valence-corrected chi connectivity index (χ4v) is 7.39. The van der Waals surface area contributed by atoms with Crippen molar-refractivity contribution in [2.24, 2.45) is 0 Å². The van der Waals surface area contributed by atoms with Gasteiger partial charge in [0.05, 0.1) is 0 Å². The second-order valence-electron chi connectivity index (χ2n) is 6.45. The normalized spacial score (nSPS) is 12.9. The average molecular weight is 504 g/mol.